The highest BCUT2D eigenvalue weighted by Gasteiger charge is 2.28. The van der Waals surface area contributed by atoms with E-state index in [1.54, 1.807) is 32.9 Å². The van der Waals surface area contributed by atoms with Gasteiger partial charge in [0.15, 0.2) is 9.84 Å². The van der Waals surface area contributed by atoms with E-state index in [1.807, 2.05) is 12.1 Å². The molecule has 0 aliphatic carbocycles. The number of aldehydes is 1. The van der Waals surface area contributed by atoms with Crippen molar-refractivity contribution in [1.29, 1.82) is 0 Å². The molecule has 3 nitrogen and oxygen atoms in total. The molecule has 0 amide bonds. The minimum absolute atomic E-state index is 0.163. The fraction of sp³-hybridized carbons (Fsp3) is 0.462. The highest BCUT2D eigenvalue weighted by molar-refractivity contribution is 8.01. The standard InChI is InChI=1S/C13H18O3S2/c1-13(2,3)18(15,16)9-8-17-12-6-4-11(10-14)5-7-12/h4-7,10H,8-9H2,1-3H3. The summed E-state index contributed by atoms with van der Waals surface area (Å²) >= 11 is 1.49. The van der Waals surface area contributed by atoms with Gasteiger partial charge in [0.1, 0.15) is 6.29 Å². The van der Waals surface area contributed by atoms with Crippen LogP contribution in [0.5, 0.6) is 0 Å². The maximum Gasteiger partial charge on any atom is 0.156 e. The van der Waals surface area contributed by atoms with Crippen LogP contribution in [0.25, 0.3) is 0 Å². The highest BCUT2D eigenvalue weighted by Crippen LogP contribution is 2.21. The Morgan fingerprint density at radius 1 is 1.17 bits per heavy atom. The van der Waals surface area contributed by atoms with Crippen LogP contribution in [0.3, 0.4) is 0 Å². The summed E-state index contributed by atoms with van der Waals surface area (Å²) in [4.78, 5) is 11.5. The molecule has 1 rings (SSSR count). The molecule has 0 heterocycles. The normalized spacial score (nSPS) is 12.4. The molecule has 0 fully saturated rings. The average molecular weight is 286 g/mol. The van der Waals surface area contributed by atoms with Gasteiger partial charge in [-0.05, 0) is 32.9 Å². The summed E-state index contributed by atoms with van der Waals surface area (Å²) in [5.41, 5.74) is 0.627. The van der Waals surface area contributed by atoms with Gasteiger partial charge < -0.3 is 0 Å². The summed E-state index contributed by atoms with van der Waals surface area (Å²) in [6, 6.07) is 7.12. The van der Waals surface area contributed by atoms with Crippen molar-refractivity contribution >= 4 is 27.9 Å². The molecule has 0 spiro atoms. The molecule has 1 aromatic rings. The van der Waals surface area contributed by atoms with Gasteiger partial charge in [0.25, 0.3) is 0 Å². The fourth-order valence-electron chi connectivity index (χ4n) is 1.22. The van der Waals surface area contributed by atoms with E-state index in [-0.39, 0.29) is 5.75 Å². The summed E-state index contributed by atoms with van der Waals surface area (Å²) in [7, 11) is -3.06. The van der Waals surface area contributed by atoms with E-state index in [0.29, 0.717) is 11.3 Å². The lowest BCUT2D eigenvalue weighted by Crippen LogP contribution is -2.31. The van der Waals surface area contributed by atoms with E-state index in [1.165, 1.54) is 11.8 Å². The van der Waals surface area contributed by atoms with Gasteiger partial charge in [0.05, 0.1) is 10.5 Å². The molecule has 18 heavy (non-hydrogen) atoms. The van der Waals surface area contributed by atoms with Gasteiger partial charge in [-0.15, -0.1) is 11.8 Å². The van der Waals surface area contributed by atoms with Crippen molar-refractivity contribution < 1.29 is 13.2 Å². The zero-order valence-electron chi connectivity index (χ0n) is 10.8. The predicted octanol–water partition coefficient (Wildman–Crippen LogP) is 2.80. The van der Waals surface area contributed by atoms with Crippen LogP contribution in [-0.2, 0) is 9.84 Å². The first-order valence-electron chi connectivity index (χ1n) is 5.66. The third kappa shape index (κ3) is 4.14. The lowest BCUT2D eigenvalue weighted by molar-refractivity contribution is 0.112. The quantitative estimate of drug-likeness (QED) is 0.617. The van der Waals surface area contributed by atoms with Crippen molar-refractivity contribution in [3.05, 3.63) is 29.8 Å². The smallest absolute Gasteiger partial charge is 0.156 e. The first kappa shape index (κ1) is 15.2. The van der Waals surface area contributed by atoms with Gasteiger partial charge in [0, 0.05) is 16.2 Å². The fourth-order valence-corrected chi connectivity index (χ4v) is 3.61. The summed E-state index contributed by atoms with van der Waals surface area (Å²) < 4.78 is 23.1. The van der Waals surface area contributed by atoms with E-state index in [2.05, 4.69) is 0 Å². The van der Waals surface area contributed by atoms with Gasteiger partial charge in [0.2, 0.25) is 0 Å². The predicted molar refractivity (Wildman–Crippen MR) is 76.1 cm³/mol. The molecule has 0 aromatic heterocycles. The zero-order chi connectivity index (χ0) is 13.8. The van der Waals surface area contributed by atoms with Crippen molar-refractivity contribution in [3.63, 3.8) is 0 Å². The molecular weight excluding hydrogens is 268 g/mol. The largest absolute Gasteiger partial charge is 0.298 e. The molecule has 100 valence electrons. The molecule has 0 radical (unpaired) electrons. The Morgan fingerprint density at radius 2 is 1.72 bits per heavy atom. The summed E-state index contributed by atoms with van der Waals surface area (Å²) in [5.74, 6) is 0.691. The molecular formula is C13H18O3S2. The number of carbonyl (C=O) groups is 1. The summed E-state index contributed by atoms with van der Waals surface area (Å²) in [6.45, 7) is 5.14. The second kappa shape index (κ2) is 5.89. The van der Waals surface area contributed by atoms with Gasteiger partial charge in [-0.3, -0.25) is 4.79 Å². The van der Waals surface area contributed by atoms with Crippen LogP contribution in [0, 0.1) is 0 Å². The molecule has 0 saturated carbocycles. The molecule has 0 atom stereocenters. The van der Waals surface area contributed by atoms with Crippen molar-refractivity contribution in [1.82, 2.24) is 0 Å². The molecule has 1 aromatic carbocycles. The number of rotatable bonds is 5. The Hall–Kier alpha value is -0.810. The molecule has 0 aliphatic rings. The van der Waals surface area contributed by atoms with E-state index >= 15 is 0 Å². The van der Waals surface area contributed by atoms with Gasteiger partial charge in [-0.25, -0.2) is 8.42 Å². The number of hydrogen-bond donors (Lipinski definition) is 0. The van der Waals surface area contributed by atoms with Crippen molar-refractivity contribution in [2.75, 3.05) is 11.5 Å². The topological polar surface area (TPSA) is 51.2 Å². The number of thioether (sulfide) groups is 1. The van der Waals surface area contributed by atoms with E-state index < -0.39 is 14.6 Å². The number of hydrogen-bond acceptors (Lipinski definition) is 4. The van der Waals surface area contributed by atoms with Gasteiger partial charge in [-0.2, -0.15) is 0 Å². The summed E-state index contributed by atoms with van der Waals surface area (Å²) in [6.07, 6.45) is 0.790. The van der Waals surface area contributed by atoms with Crippen LogP contribution < -0.4 is 0 Å². The molecule has 5 heteroatoms. The van der Waals surface area contributed by atoms with E-state index in [4.69, 9.17) is 0 Å². The van der Waals surface area contributed by atoms with Gasteiger partial charge >= 0.3 is 0 Å². The third-order valence-corrected chi connectivity index (χ3v) is 6.45. The van der Waals surface area contributed by atoms with Crippen molar-refractivity contribution in [3.8, 4) is 0 Å². The molecule has 0 bridgehead atoms. The van der Waals surface area contributed by atoms with Crippen LogP contribution in [0.4, 0.5) is 0 Å². The Morgan fingerprint density at radius 3 is 2.17 bits per heavy atom. The first-order chi connectivity index (χ1) is 8.26. The van der Waals surface area contributed by atoms with Crippen LogP contribution in [-0.4, -0.2) is 31.0 Å². The van der Waals surface area contributed by atoms with E-state index in [0.717, 1.165) is 11.2 Å². The minimum Gasteiger partial charge on any atom is -0.298 e. The SMILES string of the molecule is CC(C)(C)S(=O)(=O)CCSc1ccc(C=O)cc1. The number of benzene rings is 1. The lowest BCUT2D eigenvalue weighted by Gasteiger charge is -2.18. The van der Waals surface area contributed by atoms with E-state index in [9.17, 15) is 13.2 Å². The van der Waals surface area contributed by atoms with Crippen LogP contribution in [0.15, 0.2) is 29.2 Å². The van der Waals surface area contributed by atoms with Crippen molar-refractivity contribution in [2.45, 2.75) is 30.4 Å². The zero-order valence-corrected chi connectivity index (χ0v) is 12.5. The first-order valence-corrected chi connectivity index (χ1v) is 8.30. The Balaban J connectivity index is 2.54. The molecule has 0 saturated heterocycles. The van der Waals surface area contributed by atoms with Crippen LogP contribution in [0.2, 0.25) is 0 Å². The third-order valence-electron chi connectivity index (χ3n) is 2.57. The second-order valence-corrected chi connectivity index (χ2v) is 9.00. The molecule has 0 N–H and O–H groups in total. The Bertz CT molecular complexity index is 496. The average Bonchev–Trinajstić information content (AvgIpc) is 2.28. The Labute approximate surface area is 113 Å². The number of carbonyl (C=O) groups excluding carboxylic acids is 1. The van der Waals surface area contributed by atoms with Crippen LogP contribution >= 0.6 is 11.8 Å². The van der Waals surface area contributed by atoms with Crippen LogP contribution in [0.1, 0.15) is 31.1 Å². The maximum absolute atomic E-state index is 11.9. The number of sulfone groups is 1. The second-order valence-electron chi connectivity index (χ2n) is 4.97. The highest BCUT2D eigenvalue weighted by atomic mass is 32.2. The molecule has 0 unspecified atom stereocenters. The lowest BCUT2D eigenvalue weighted by atomic mass is 10.2. The minimum atomic E-state index is -3.06. The maximum atomic E-state index is 11.9. The Kier molecular flexibility index (Phi) is 4.99. The summed E-state index contributed by atoms with van der Waals surface area (Å²) in [5, 5.41) is 0. The molecule has 0 aliphatic heterocycles. The van der Waals surface area contributed by atoms with Gasteiger partial charge in [-0.1, -0.05) is 12.1 Å². The van der Waals surface area contributed by atoms with Crippen molar-refractivity contribution in [2.24, 2.45) is 0 Å². The monoisotopic (exact) mass is 286 g/mol.